The molecular formula is C9H16N2O5. The number of carbonyl (C=O) groups excluding carboxylic acids is 1. The molecule has 2 amide bonds. The van der Waals surface area contributed by atoms with Gasteiger partial charge in [-0.05, 0) is 6.92 Å². The van der Waals surface area contributed by atoms with Crippen LogP contribution in [0.1, 0.15) is 13.3 Å². The van der Waals surface area contributed by atoms with Crippen molar-refractivity contribution in [2.45, 2.75) is 25.6 Å². The average molecular weight is 232 g/mol. The van der Waals surface area contributed by atoms with Crippen LogP contribution in [0.5, 0.6) is 0 Å². The van der Waals surface area contributed by atoms with E-state index in [4.69, 9.17) is 9.84 Å². The molecule has 3 N–H and O–H groups in total. The minimum Gasteiger partial charge on any atom is -0.465 e. The molecule has 2 atom stereocenters. The number of ether oxygens (including phenoxy) is 1. The highest BCUT2D eigenvalue weighted by Gasteiger charge is 2.26. The van der Waals surface area contributed by atoms with Gasteiger partial charge < -0.3 is 25.2 Å². The van der Waals surface area contributed by atoms with Gasteiger partial charge in [-0.3, -0.25) is 4.79 Å². The second-order valence-corrected chi connectivity index (χ2v) is 3.70. The maximum absolute atomic E-state index is 11.7. The molecule has 0 aromatic rings. The molecular weight excluding hydrogens is 216 g/mol. The Morgan fingerprint density at radius 3 is 2.88 bits per heavy atom. The Morgan fingerprint density at radius 1 is 1.62 bits per heavy atom. The van der Waals surface area contributed by atoms with Gasteiger partial charge in [0.25, 0.3) is 0 Å². The van der Waals surface area contributed by atoms with E-state index in [0.717, 1.165) is 0 Å². The van der Waals surface area contributed by atoms with E-state index in [1.54, 1.807) is 6.92 Å². The molecule has 1 aliphatic rings. The predicted molar refractivity (Wildman–Crippen MR) is 53.8 cm³/mol. The summed E-state index contributed by atoms with van der Waals surface area (Å²) in [6, 6.07) is -0.472. The van der Waals surface area contributed by atoms with Crippen molar-refractivity contribution in [3.63, 3.8) is 0 Å². The Bertz CT molecular complexity index is 271. The van der Waals surface area contributed by atoms with Crippen LogP contribution >= 0.6 is 0 Å². The lowest BCUT2D eigenvalue weighted by Gasteiger charge is -2.32. The number of amides is 2. The standard InChI is InChI=1S/C9H16N2O5/c1-6(10-9(14)15)4-7(12)11-2-3-16-5-8(11)13/h6,8,10,13H,2-5H2,1H3,(H,14,15)/t6?,8-/m1/s1. The molecule has 0 aliphatic carbocycles. The van der Waals surface area contributed by atoms with Crippen molar-refractivity contribution >= 4 is 12.0 Å². The van der Waals surface area contributed by atoms with Gasteiger partial charge in [-0.1, -0.05) is 0 Å². The van der Waals surface area contributed by atoms with Gasteiger partial charge >= 0.3 is 6.09 Å². The van der Waals surface area contributed by atoms with Gasteiger partial charge in [-0.25, -0.2) is 4.79 Å². The zero-order valence-electron chi connectivity index (χ0n) is 9.05. The van der Waals surface area contributed by atoms with E-state index in [2.05, 4.69) is 5.32 Å². The van der Waals surface area contributed by atoms with Gasteiger partial charge in [-0.15, -0.1) is 0 Å². The summed E-state index contributed by atoms with van der Waals surface area (Å²) in [5.74, 6) is -0.281. The van der Waals surface area contributed by atoms with Crippen LogP contribution in [0.4, 0.5) is 4.79 Å². The highest BCUT2D eigenvalue weighted by atomic mass is 16.5. The third kappa shape index (κ3) is 3.67. The first-order valence-corrected chi connectivity index (χ1v) is 5.05. The van der Waals surface area contributed by atoms with E-state index in [0.29, 0.717) is 13.2 Å². The Morgan fingerprint density at radius 2 is 2.31 bits per heavy atom. The van der Waals surface area contributed by atoms with Crippen LogP contribution in [0.2, 0.25) is 0 Å². The summed E-state index contributed by atoms with van der Waals surface area (Å²) in [5.41, 5.74) is 0. The number of rotatable bonds is 3. The monoisotopic (exact) mass is 232 g/mol. The Labute approximate surface area is 93.0 Å². The van der Waals surface area contributed by atoms with Gasteiger partial charge in [0.05, 0.1) is 13.2 Å². The SMILES string of the molecule is CC(CC(=O)N1CCOC[C@H]1O)NC(=O)O. The van der Waals surface area contributed by atoms with E-state index in [1.165, 1.54) is 4.90 Å². The van der Waals surface area contributed by atoms with Crippen LogP contribution in [0.25, 0.3) is 0 Å². The smallest absolute Gasteiger partial charge is 0.404 e. The van der Waals surface area contributed by atoms with Crippen LogP contribution in [0, 0.1) is 0 Å². The Hall–Kier alpha value is -1.34. The second kappa shape index (κ2) is 5.66. The summed E-state index contributed by atoms with van der Waals surface area (Å²) in [4.78, 5) is 23.3. The number of morpholine rings is 1. The molecule has 1 unspecified atom stereocenters. The van der Waals surface area contributed by atoms with Crippen LogP contribution in [-0.4, -0.2) is 59.1 Å². The van der Waals surface area contributed by atoms with Gasteiger partial charge in [0.2, 0.25) is 5.91 Å². The van der Waals surface area contributed by atoms with Gasteiger partial charge in [0.1, 0.15) is 0 Å². The van der Waals surface area contributed by atoms with E-state index in [9.17, 15) is 14.7 Å². The topological polar surface area (TPSA) is 99.1 Å². The van der Waals surface area contributed by atoms with Gasteiger partial charge in [0.15, 0.2) is 6.23 Å². The summed E-state index contributed by atoms with van der Waals surface area (Å²) < 4.78 is 4.98. The highest BCUT2D eigenvalue weighted by molar-refractivity contribution is 5.77. The minimum atomic E-state index is -1.16. The molecule has 16 heavy (non-hydrogen) atoms. The average Bonchev–Trinajstić information content (AvgIpc) is 2.16. The number of hydrogen-bond acceptors (Lipinski definition) is 4. The molecule has 0 aromatic heterocycles. The lowest BCUT2D eigenvalue weighted by Crippen LogP contribution is -2.50. The molecule has 0 spiro atoms. The zero-order valence-corrected chi connectivity index (χ0v) is 9.05. The summed E-state index contributed by atoms with van der Waals surface area (Å²) in [6.45, 7) is 2.43. The largest absolute Gasteiger partial charge is 0.465 e. The predicted octanol–water partition coefficient (Wildman–Crippen LogP) is -0.790. The molecule has 1 rings (SSSR count). The van der Waals surface area contributed by atoms with Crippen molar-refractivity contribution in [3.8, 4) is 0 Å². The fourth-order valence-corrected chi connectivity index (χ4v) is 1.52. The van der Waals surface area contributed by atoms with E-state index in [1.807, 2.05) is 0 Å². The minimum absolute atomic E-state index is 0.0311. The number of hydrogen-bond donors (Lipinski definition) is 3. The molecule has 1 saturated heterocycles. The van der Waals surface area contributed by atoms with E-state index < -0.39 is 18.4 Å². The fraction of sp³-hybridized carbons (Fsp3) is 0.778. The third-order valence-electron chi connectivity index (χ3n) is 2.27. The maximum Gasteiger partial charge on any atom is 0.404 e. The fourth-order valence-electron chi connectivity index (χ4n) is 1.52. The summed E-state index contributed by atoms with van der Waals surface area (Å²) in [7, 11) is 0. The highest BCUT2D eigenvalue weighted by Crippen LogP contribution is 2.07. The van der Waals surface area contributed by atoms with E-state index >= 15 is 0 Å². The molecule has 1 heterocycles. The second-order valence-electron chi connectivity index (χ2n) is 3.70. The Kier molecular flexibility index (Phi) is 4.51. The molecule has 0 bridgehead atoms. The number of carbonyl (C=O) groups is 2. The number of aliphatic hydroxyl groups excluding tert-OH is 1. The van der Waals surface area contributed by atoms with Crippen molar-refractivity contribution in [2.75, 3.05) is 19.8 Å². The molecule has 0 radical (unpaired) electrons. The summed E-state index contributed by atoms with van der Waals surface area (Å²) in [5, 5.41) is 20.1. The zero-order chi connectivity index (χ0) is 12.1. The summed E-state index contributed by atoms with van der Waals surface area (Å²) in [6.07, 6.45) is -2.07. The van der Waals surface area contributed by atoms with Crippen LogP contribution in [0.15, 0.2) is 0 Å². The first-order valence-electron chi connectivity index (χ1n) is 5.05. The van der Waals surface area contributed by atoms with Crippen LogP contribution < -0.4 is 5.32 Å². The molecule has 7 heteroatoms. The number of nitrogens with zero attached hydrogens (tertiary/aromatic N) is 1. The van der Waals surface area contributed by atoms with Crippen molar-refractivity contribution in [1.82, 2.24) is 10.2 Å². The Balaban J connectivity index is 2.41. The maximum atomic E-state index is 11.7. The molecule has 0 saturated carbocycles. The molecule has 92 valence electrons. The molecule has 7 nitrogen and oxygen atoms in total. The first kappa shape index (κ1) is 12.7. The third-order valence-corrected chi connectivity index (χ3v) is 2.27. The lowest BCUT2D eigenvalue weighted by molar-refractivity contribution is -0.157. The molecule has 1 aliphatic heterocycles. The van der Waals surface area contributed by atoms with Crippen molar-refractivity contribution in [1.29, 1.82) is 0 Å². The van der Waals surface area contributed by atoms with Crippen molar-refractivity contribution in [3.05, 3.63) is 0 Å². The first-order chi connectivity index (χ1) is 7.50. The van der Waals surface area contributed by atoms with Crippen molar-refractivity contribution < 1.29 is 24.5 Å². The van der Waals surface area contributed by atoms with Crippen LogP contribution in [0.3, 0.4) is 0 Å². The van der Waals surface area contributed by atoms with Gasteiger partial charge in [-0.2, -0.15) is 0 Å². The molecule has 1 fully saturated rings. The van der Waals surface area contributed by atoms with Crippen LogP contribution in [-0.2, 0) is 9.53 Å². The lowest BCUT2D eigenvalue weighted by atomic mass is 10.2. The normalized spacial score (nSPS) is 22.6. The van der Waals surface area contributed by atoms with Gasteiger partial charge in [0, 0.05) is 19.0 Å². The quantitative estimate of drug-likeness (QED) is 0.592. The van der Waals surface area contributed by atoms with E-state index in [-0.39, 0.29) is 18.9 Å². The summed E-state index contributed by atoms with van der Waals surface area (Å²) >= 11 is 0. The van der Waals surface area contributed by atoms with Crippen molar-refractivity contribution in [2.24, 2.45) is 0 Å². The number of aliphatic hydroxyl groups is 1. The number of nitrogens with one attached hydrogen (secondary N) is 1. The number of carboxylic acid groups (broad SMARTS) is 1. The molecule has 0 aromatic carbocycles.